The first-order valence-corrected chi connectivity index (χ1v) is 11.0. The molecule has 5 heteroatoms. The number of aromatic nitrogens is 2. The first-order chi connectivity index (χ1) is 14.9. The van der Waals surface area contributed by atoms with Crippen LogP contribution >= 0.6 is 0 Å². The number of anilines is 1. The lowest BCUT2D eigenvalue weighted by molar-refractivity contribution is 0.398. The van der Waals surface area contributed by atoms with Crippen molar-refractivity contribution in [1.82, 2.24) is 9.55 Å². The average Bonchev–Trinajstić information content (AvgIpc) is 2.74. The Kier molecular flexibility index (Phi) is 6.12. The molecule has 1 fully saturated rings. The van der Waals surface area contributed by atoms with Crippen LogP contribution in [0.25, 0.3) is 5.69 Å². The summed E-state index contributed by atoms with van der Waals surface area (Å²) in [5.41, 5.74) is 5.40. The topological polar surface area (TPSA) is 47.4 Å². The number of ether oxygens (including phenoxy) is 1. The van der Waals surface area contributed by atoms with Crippen LogP contribution in [0, 0.1) is 26.7 Å². The van der Waals surface area contributed by atoms with Gasteiger partial charge < -0.3 is 9.64 Å². The minimum atomic E-state index is -0.0319. The van der Waals surface area contributed by atoms with Gasteiger partial charge in [0.1, 0.15) is 11.6 Å². The summed E-state index contributed by atoms with van der Waals surface area (Å²) >= 11 is 0. The van der Waals surface area contributed by atoms with Crippen molar-refractivity contribution in [3.8, 4) is 11.4 Å². The maximum absolute atomic E-state index is 12.5. The van der Waals surface area contributed by atoms with E-state index in [0.29, 0.717) is 5.92 Å². The van der Waals surface area contributed by atoms with E-state index in [4.69, 9.17) is 4.74 Å². The number of methoxy groups -OCH3 is 1. The van der Waals surface area contributed by atoms with Gasteiger partial charge in [0, 0.05) is 30.5 Å². The summed E-state index contributed by atoms with van der Waals surface area (Å²) in [6, 6.07) is 16.3. The second-order valence-corrected chi connectivity index (χ2v) is 8.58. The van der Waals surface area contributed by atoms with Crippen LogP contribution in [0.1, 0.15) is 35.5 Å². The van der Waals surface area contributed by atoms with Crippen LogP contribution in [-0.2, 0) is 6.42 Å². The van der Waals surface area contributed by atoms with E-state index in [9.17, 15) is 4.79 Å². The summed E-state index contributed by atoms with van der Waals surface area (Å²) in [7, 11) is 1.72. The molecule has 2 heterocycles. The fourth-order valence-corrected chi connectivity index (χ4v) is 4.70. The number of hydrogen-bond acceptors (Lipinski definition) is 4. The Morgan fingerprint density at radius 1 is 1.03 bits per heavy atom. The van der Waals surface area contributed by atoms with Crippen molar-refractivity contribution in [1.29, 1.82) is 0 Å². The van der Waals surface area contributed by atoms with Crippen LogP contribution in [0.5, 0.6) is 5.75 Å². The summed E-state index contributed by atoms with van der Waals surface area (Å²) in [4.78, 5) is 19.4. The van der Waals surface area contributed by atoms with Crippen LogP contribution in [0.4, 0.5) is 5.69 Å². The predicted molar refractivity (Wildman–Crippen MR) is 126 cm³/mol. The molecular weight excluding hydrogens is 386 g/mol. The van der Waals surface area contributed by atoms with E-state index in [1.165, 1.54) is 29.7 Å². The van der Waals surface area contributed by atoms with Crippen LogP contribution in [0.15, 0.2) is 53.3 Å². The van der Waals surface area contributed by atoms with Crippen LogP contribution < -0.4 is 15.2 Å². The maximum Gasteiger partial charge on any atom is 0.258 e. The van der Waals surface area contributed by atoms with Crippen molar-refractivity contribution >= 4 is 5.69 Å². The minimum absolute atomic E-state index is 0.0319. The van der Waals surface area contributed by atoms with Gasteiger partial charge in [-0.05, 0) is 87.4 Å². The van der Waals surface area contributed by atoms with E-state index in [1.54, 1.807) is 17.7 Å². The van der Waals surface area contributed by atoms with Gasteiger partial charge in [0.2, 0.25) is 0 Å². The molecule has 1 saturated heterocycles. The van der Waals surface area contributed by atoms with Crippen LogP contribution in [0.3, 0.4) is 0 Å². The molecule has 1 aromatic heterocycles. The molecule has 1 aliphatic heterocycles. The number of nitrogens with zero attached hydrogens (tertiary/aromatic N) is 3. The van der Waals surface area contributed by atoms with E-state index in [-0.39, 0.29) is 5.56 Å². The van der Waals surface area contributed by atoms with E-state index in [0.717, 1.165) is 42.5 Å². The quantitative estimate of drug-likeness (QED) is 0.607. The summed E-state index contributed by atoms with van der Waals surface area (Å²) in [6.45, 7) is 7.97. The molecule has 4 rings (SSSR count). The largest absolute Gasteiger partial charge is 0.497 e. The highest BCUT2D eigenvalue weighted by Gasteiger charge is 2.21. The molecule has 0 unspecified atom stereocenters. The Balaban J connectivity index is 1.45. The Labute approximate surface area is 184 Å². The first-order valence-electron chi connectivity index (χ1n) is 11.0. The van der Waals surface area contributed by atoms with Gasteiger partial charge in [-0.1, -0.05) is 12.1 Å². The van der Waals surface area contributed by atoms with Gasteiger partial charge in [-0.15, -0.1) is 0 Å². The Morgan fingerprint density at radius 2 is 1.81 bits per heavy atom. The molecule has 31 heavy (non-hydrogen) atoms. The third-order valence-corrected chi connectivity index (χ3v) is 6.27. The minimum Gasteiger partial charge on any atom is -0.497 e. The number of aryl methyl sites for hydroxylation is 3. The summed E-state index contributed by atoms with van der Waals surface area (Å²) in [5.74, 6) is 2.35. The van der Waals surface area contributed by atoms with Gasteiger partial charge >= 0.3 is 0 Å². The van der Waals surface area contributed by atoms with E-state index in [1.807, 2.05) is 26.0 Å². The molecule has 1 aliphatic rings. The number of rotatable bonds is 5. The Morgan fingerprint density at radius 3 is 2.48 bits per heavy atom. The maximum atomic E-state index is 12.5. The molecular formula is C26H31N3O2. The number of piperidine rings is 1. The van der Waals surface area contributed by atoms with Gasteiger partial charge in [0.15, 0.2) is 0 Å². The standard InChI is InChI=1S/C26H31N3O2/c1-18-14-23(29-20(3)27-19(2)15-26(29)30)8-9-25(18)28-12-10-21(11-13-28)16-22-6-5-7-24(17-22)31-4/h5-9,14-15,17,21H,10-13,16H2,1-4H3. The Bertz CT molecular complexity index is 1130. The van der Waals surface area contributed by atoms with E-state index in [2.05, 4.69) is 47.1 Å². The molecule has 3 aromatic rings. The van der Waals surface area contributed by atoms with Crippen molar-refractivity contribution < 1.29 is 4.74 Å². The van der Waals surface area contributed by atoms with Gasteiger partial charge in [0.05, 0.1) is 12.8 Å². The molecule has 5 nitrogen and oxygen atoms in total. The van der Waals surface area contributed by atoms with Gasteiger partial charge in [-0.25, -0.2) is 4.98 Å². The monoisotopic (exact) mass is 417 g/mol. The zero-order valence-electron chi connectivity index (χ0n) is 18.9. The van der Waals surface area contributed by atoms with Gasteiger partial charge in [-0.3, -0.25) is 9.36 Å². The zero-order valence-corrected chi connectivity index (χ0v) is 18.9. The molecule has 0 amide bonds. The smallest absolute Gasteiger partial charge is 0.258 e. The third kappa shape index (κ3) is 4.66. The normalized spacial score (nSPS) is 14.6. The molecule has 0 radical (unpaired) electrons. The lowest BCUT2D eigenvalue weighted by atomic mass is 9.89. The highest BCUT2D eigenvalue weighted by Crippen LogP contribution is 2.29. The van der Waals surface area contributed by atoms with Crippen molar-refractivity contribution in [3.05, 3.63) is 81.5 Å². The number of hydrogen-bond donors (Lipinski definition) is 0. The number of benzene rings is 2. The third-order valence-electron chi connectivity index (χ3n) is 6.27. The molecule has 0 saturated carbocycles. The molecule has 0 N–H and O–H groups in total. The van der Waals surface area contributed by atoms with E-state index >= 15 is 0 Å². The van der Waals surface area contributed by atoms with Crippen molar-refractivity contribution in [2.45, 2.75) is 40.0 Å². The van der Waals surface area contributed by atoms with Crippen LogP contribution in [-0.4, -0.2) is 29.8 Å². The molecule has 0 aliphatic carbocycles. The first kappa shape index (κ1) is 21.2. The SMILES string of the molecule is COc1cccc(CC2CCN(c3ccc(-n4c(C)nc(C)cc4=O)cc3C)CC2)c1. The highest BCUT2D eigenvalue weighted by atomic mass is 16.5. The van der Waals surface area contributed by atoms with E-state index < -0.39 is 0 Å². The molecule has 0 spiro atoms. The average molecular weight is 418 g/mol. The molecule has 162 valence electrons. The second-order valence-electron chi connectivity index (χ2n) is 8.58. The lowest BCUT2D eigenvalue weighted by Crippen LogP contribution is -2.34. The fraction of sp³-hybridized carbons (Fsp3) is 0.385. The molecule has 0 atom stereocenters. The highest BCUT2D eigenvalue weighted by molar-refractivity contribution is 5.57. The second kappa shape index (κ2) is 8.96. The van der Waals surface area contributed by atoms with Crippen molar-refractivity contribution in [2.24, 2.45) is 5.92 Å². The van der Waals surface area contributed by atoms with Crippen molar-refractivity contribution in [3.63, 3.8) is 0 Å². The zero-order chi connectivity index (χ0) is 22.0. The Hall–Kier alpha value is -3.08. The summed E-state index contributed by atoms with van der Waals surface area (Å²) in [6.07, 6.45) is 3.46. The predicted octanol–water partition coefficient (Wildman–Crippen LogP) is 4.63. The molecule has 2 aromatic carbocycles. The van der Waals surface area contributed by atoms with Gasteiger partial charge in [-0.2, -0.15) is 0 Å². The summed E-state index contributed by atoms with van der Waals surface area (Å²) < 4.78 is 7.05. The fourth-order valence-electron chi connectivity index (χ4n) is 4.70. The van der Waals surface area contributed by atoms with Crippen LogP contribution in [0.2, 0.25) is 0 Å². The summed E-state index contributed by atoms with van der Waals surface area (Å²) in [5, 5.41) is 0. The lowest BCUT2D eigenvalue weighted by Gasteiger charge is -2.35. The molecule has 0 bridgehead atoms. The van der Waals surface area contributed by atoms with Gasteiger partial charge in [0.25, 0.3) is 5.56 Å². The van der Waals surface area contributed by atoms with Crippen molar-refractivity contribution in [2.75, 3.05) is 25.1 Å².